The molecule has 0 bridgehead atoms. The van der Waals surface area contributed by atoms with E-state index >= 15 is 0 Å². The number of nitrogens with zero attached hydrogens (tertiary/aromatic N) is 1. The maximum atomic E-state index is 11.5. The molecule has 0 spiro atoms. The van der Waals surface area contributed by atoms with Crippen LogP contribution in [0.2, 0.25) is 0 Å². The van der Waals surface area contributed by atoms with Crippen molar-refractivity contribution >= 4 is 17.3 Å². The molecule has 1 fully saturated rings. The van der Waals surface area contributed by atoms with E-state index in [-0.39, 0.29) is 23.4 Å². The highest BCUT2D eigenvalue weighted by Crippen LogP contribution is 2.30. The summed E-state index contributed by atoms with van der Waals surface area (Å²) in [5.41, 5.74) is 0.570. The van der Waals surface area contributed by atoms with Crippen LogP contribution < -0.4 is 5.32 Å². The molecule has 0 aromatic heterocycles. The largest absolute Gasteiger partial charge is 0.465 e. The molecule has 0 amide bonds. The van der Waals surface area contributed by atoms with Crippen molar-refractivity contribution in [1.82, 2.24) is 0 Å². The number of nitro groups is 1. The van der Waals surface area contributed by atoms with Crippen molar-refractivity contribution < 1.29 is 19.2 Å². The molecule has 1 aromatic carbocycles. The number of methoxy groups -OCH3 is 2. The van der Waals surface area contributed by atoms with E-state index in [4.69, 9.17) is 4.74 Å². The van der Waals surface area contributed by atoms with Crippen LogP contribution >= 0.6 is 0 Å². The Labute approximate surface area is 122 Å². The summed E-state index contributed by atoms with van der Waals surface area (Å²) in [4.78, 5) is 22.2. The molecule has 0 aliphatic heterocycles. The van der Waals surface area contributed by atoms with Crippen LogP contribution in [0.15, 0.2) is 18.2 Å². The summed E-state index contributed by atoms with van der Waals surface area (Å²) in [7, 11) is 2.93. The van der Waals surface area contributed by atoms with Crippen LogP contribution in [-0.2, 0) is 9.47 Å². The Kier molecular flexibility index (Phi) is 4.74. The minimum atomic E-state index is -0.519. The number of carbonyl (C=O) groups is 1. The zero-order chi connectivity index (χ0) is 15.4. The zero-order valence-corrected chi connectivity index (χ0v) is 12.0. The van der Waals surface area contributed by atoms with Crippen molar-refractivity contribution in [2.45, 2.75) is 31.4 Å². The van der Waals surface area contributed by atoms with Gasteiger partial charge >= 0.3 is 5.97 Å². The number of benzene rings is 1. The van der Waals surface area contributed by atoms with Crippen LogP contribution in [0.1, 0.15) is 29.6 Å². The normalized spacial score (nSPS) is 21.0. The van der Waals surface area contributed by atoms with Gasteiger partial charge in [-0.25, -0.2) is 4.79 Å². The first-order chi connectivity index (χ1) is 10.0. The number of ether oxygens (including phenoxy) is 2. The van der Waals surface area contributed by atoms with Crippen molar-refractivity contribution in [3.05, 3.63) is 33.9 Å². The predicted octanol–water partition coefficient (Wildman–Crippen LogP) is 2.36. The molecule has 0 heterocycles. The van der Waals surface area contributed by atoms with Gasteiger partial charge in [-0.3, -0.25) is 10.1 Å². The fourth-order valence-corrected chi connectivity index (χ4v) is 2.56. The highest BCUT2D eigenvalue weighted by atomic mass is 16.6. The van der Waals surface area contributed by atoms with Crippen LogP contribution in [0.25, 0.3) is 0 Å². The van der Waals surface area contributed by atoms with Crippen molar-refractivity contribution in [3.63, 3.8) is 0 Å². The Morgan fingerprint density at radius 2 is 2.14 bits per heavy atom. The fraction of sp³-hybridized carbons (Fsp3) is 0.500. The second-order valence-corrected chi connectivity index (χ2v) is 4.99. The number of hydrogen-bond donors (Lipinski definition) is 1. The number of nitro benzene ring substituents is 1. The summed E-state index contributed by atoms with van der Waals surface area (Å²) in [6.07, 6.45) is 2.75. The molecule has 114 valence electrons. The Balaban J connectivity index is 2.22. The smallest absolute Gasteiger partial charge is 0.337 e. The molecule has 1 saturated carbocycles. The second kappa shape index (κ2) is 6.53. The minimum absolute atomic E-state index is 0.0523. The Morgan fingerprint density at radius 1 is 1.38 bits per heavy atom. The van der Waals surface area contributed by atoms with E-state index in [1.165, 1.54) is 25.3 Å². The predicted molar refractivity (Wildman–Crippen MR) is 76.5 cm³/mol. The lowest BCUT2D eigenvalue weighted by atomic mass is 10.1. The van der Waals surface area contributed by atoms with Gasteiger partial charge in [-0.15, -0.1) is 0 Å². The number of rotatable bonds is 5. The third-order valence-corrected chi connectivity index (χ3v) is 3.69. The maximum absolute atomic E-state index is 11.5. The third kappa shape index (κ3) is 3.49. The molecule has 21 heavy (non-hydrogen) atoms. The molecule has 7 nitrogen and oxygen atoms in total. The summed E-state index contributed by atoms with van der Waals surface area (Å²) < 4.78 is 9.93. The van der Waals surface area contributed by atoms with Gasteiger partial charge in [0.2, 0.25) is 0 Å². The quantitative estimate of drug-likeness (QED) is 0.509. The third-order valence-electron chi connectivity index (χ3n) is 3.69. The first-order valence-corrected chi connectivity index (χ1v) is 6.71. The number of nitrogens with one attached hydrogen (secondary N) is 1. The van der Waals surface area contributed by atoms with E-state index in [9.17, 15) is 14.9 Å². The van der Waals surface area contributed by atoms with E-state index in [1.54, 1.807) is 7.11 Å². The van der Waals surface area contributed by atoms with Gasteiger partial charge in [-0.2, -0.15) is 0 Å². The van der Waals surface area contributed by atoms with Gasteiger partial charge in [-0.1, -0.05) is 0 Å². The summed E-state index contributed by atoms with van der Waals surface area (Å²) >= 11 is 0. The molecule has 2 rings (SSSR count). The number of hydrogen-bond acceptors (Lipinski definition) is 6. The molecule has 0 radical (unpaired) electrons. The molecule has 2 unspecified atom stereocenters. The lowest BCUT2D eigenvalue weighted by Crippen LogP contribution is -2.18. The van der Waals surface area contributed by atoms with E-state index in [2.05, 4.69) is 10.1 Å². The maximum Gasteiger partial charge on any atom is 0.337 e. The SMILES string of the molecule is COC(=O)c1ccc([N+](=O)[O-])c(NC2CCC(OC)C2)c1. The lowest BCUT2D eigenvalue weighted by Gasteiger charge is -2.15. The average molecular weight is 294 g/mol. The van der Waals surface area contributed by atoms with Gasteiger partial charge in [0.25, 0.3) is 5.69 Å². The van der Waals surface area contributed by atoms with Gasteiger partial charge < -0.3 is 14.8 Å². The summed E-state index contributed by atoms with van der Waals surface area (Å²) in [5.74, 6) is -0.519. The van der Waals surface area contributed by atoms with Crippen molar-refractivity contribution in [2.24, 2.45) is 0 Å². The zero-order valence-electron chi connectivity index (χ0n) is 12.0. The van der Waals surface area contributed by atoms with E-state index in [0.29, 0.717) is 5.69 Å². The topological polar surface area (TPSA) is 90.7 Å². The summed E-state index contributed by atoms with van der Waals surface area (Å²) in [6, 6.07) is 4.27. The molecule has 1 aliphatic carbocycles. The first kappa shape index (κ1) is 15.2. The van der Waals surface area contributed by atoms with Gasteiger partial charge in [-0.05, 0) is 31.4 Å². The number of esters is 1. The molecule has 0 saturated heterocycles. The van der Waals surface area contributed by atoms with Gasteiger partial charge in [0, 0.05) is 19.2 Å². The average Bonchev–Trinajstić information content (AvgIpc) is 2.93. The van der Waals surface area contributed by atoms with E-state index in [1.807, 2.05) is 0 Å². The first-order valence-electron chi connectivity index (χ1n) is 6.71. The number of carbonyl (C=O) groups excluding carboxylic acids is 1. The highest BCUT2D eigenvalue weighted by Gasteiger charge is 2.27. The fourth-order valence-electron chi connectivity index (χ4n) is 2.56. The lowest BCUT2D eigenvalue weighted by molar-refractivity contribution is -0.384. The molecule has 1 aliphatic rings. The van der Waals surface area contributed by atoms with E-state index < -0.39 is 10.9 Å². The van der Waals surface area contributed by atoms with Crippen molar-refractivity contribution in [3.8, 4) is 0 Å². The molecule has 7 heteroatoms. The Morgan fingerprint density at radius 3 is 2.71 bits per heavy atom. The van der Waals surface area contributed by atoms with Crippen LogP contribution in [0.5, 0.6) is 0 Å². The molecule has 2 atom stereocenters. The molecular formula is C14H18N2O5. The van der Waals surface area contributed by atoms with Gasteiger partial charge in [0.1, 0.15) is 5.69 Å². The monoisotopic (exact) mass is 294 g/mol. The Hall–Kier alpha value is -2.15. The summed E-state index contributed by atoms with van der Waals surface area (Å²) in [6.45, 7) is 0. The van der Waals surface area contributed by atoms with Crippen molar-refractivity contribution in [1.29, 1.82) is 0 Å². The standard InChI is InChI=1S/C14H18N2O5/c1-20-11-5-4-10(8-11)15-12-7-9(14(17)21-2)3-6-13(12)16(18)19/h3,6-7,10-11,15H,4-5,8H2,1-2H3. The van der Waals surface area contributed by atoms with Crippen molar-refractivity contribution in [2.75, 3.05) is 19.5 Å². The summed E-state index contributed by atoms with van der Waals surface area (Å²) in [5, 5.41) is 14.2. The van der Waals surface area contributed by atoms with Crippen LogP contribution in [0, 0.1) is 10.1 Å². The van der Waals surface area contributed by atoms with Gasteiger partial charge in [0.15, 0.2) is 0 Å². The minimum Gasteiger partial charge on any atom is -0.465 e. The van der Waals surface area contributed by atoms with E-state index in [0.717, 1.165) is 19.3 Å². The Bertz CT molecular complexity index is 546. The van der Waals surface area contributed by atoms with Gasteiger partial charge in [0.05, 0.1) is 23.7 Å². The van der Waals surface area contributed by atoms with Crippen LogP contribution in [0.4, 0.5) is 11.4 Å². The second-order valence-electron chi connectivity index (χ2n) is 4.99. The van der Waals surface area contributed by atoms with Crippen LogP contribution in [-0.4, -0.2) is 37.3 Å². The molecule has 1 aromatic rings. The highest BCUT2D eigenvalue weighted by molar-refractivity contribution is 5.91. The van der Waals surface area contributed by atoms with Crippen LogP contribution in [0.3, 0.4) is 0 Å². The number of anilines is 1. The molecule has 1 N–H and O–H groups in total. The molecular weight excluding hydrogens is 276 g/mol.